The number of hydrogen-bond donors (Lipinski definition) is 0. The molecule has 82 valence electrons. The van der Waals surface area contributed by atoms with E-state index in [0.717, 1.165) is 38.9 Å². The van der Waals surface area contributed by atoms with Crippen LogP contribution in [0.3, 0.4) is 0 Å². The molecule has 0 amide bonds. The molecule has 0 aromatic rings. The second-order valence-corrected chi connectivity index (χ2v) is 3.14. The van der Waals surface area contributed by atoms with Crippen molar-refractivity contribution in [3.05, 3.63) is 0 Å². The molecule has 2 nitrogen and oxygen atoms in total. The first-order valence-electron chi connectivity index (χ1n) is 5.51. The maximum Gasteiger partial charge on any atom is 0.157 e. The topological polar surface area (TPSA) is 18.5 Å². The van der Waals surface area contributed by atoms with Crippen LogP contribution < -0.4 is 0 Å². The van der Waals surface area contributed by atoms with Crippen LogP contribution in [0.1, 0.15) is 46.0 Å². The third-order valence-corrected chi connectivity index (χ3v) is 1.97. The van der Waals surface area contributed by atoms with E-state index in [-0.39, 0.29) is 6.29 Å². The minimum atomic E-state index is -0.0177. The zero-order valence-corrected chi connectivity index (χ0v) is 9.42. The van der Waals surface area contributed by atoms with E-state index in [1.165, 1.54) is 6.42 Å². The summed E-state index contributed by atoms with van der Waals surface area (Å²) in [5.41, 5.74) is 0. The Morgan fingerprint density at radius 3 is 2.21 bits per heavy atom. The zero-order valence-electron chi connectivity index (χ0n) is 9.42. The lowest BCUT2D eigenvalue weighted by molar-refractivity contribution is -0.140. The van der Waals surface area contributed by atoms with Gasteiger partial charge in [0.15, 0.2) is 6.29 Å². The summed E-state index contributed by atoms with van der Waals surface area (Å²) in [4.78, 5) is 0. The van der Waals surface area contributed by atoms with E-state index in [9.17, 15) is 0 Å². The summed E-state index contributed by atoms with van der Waals surface area (Å²) in [6.07, 6.45) is 10.4. The predicted octanol–water partition coefficient (Wildman–Crippen LogP) is 2.97. The molecule has 0 unspecified atom stereocenters. The predicted molar refractivity (Wildman–Crippen MR) is 59.0 cm³/mol. The molecule has 0 aliphatic heterocycles. The fraction of sp³-hybridized carbons (Fsp3) is 0.833. The fourth-order valence-electron chi connectivity index (χ4n) is 1.30. The van der Waals surface area contributed by atoms with Gasteiger partial charge in [-0.1, -0.05) is 6.42 Å². The van der Waals surface area contributed by atoms with Crippen molar-refractivity contribution in [1.82, 2.24) is 0 Å². The normalized spacial score (nSPS) is 10.4. The van der Waals surface area contributed by atoms with Gasteiger partial charge in [-0.3, -0.25) is 0 Å². The van der Waals surface area contributed by atoms with E-state index in [0.29, 0.717) is 0 Å². The van der Waals surface area contributed by atoms with Gasteiger partial charge in [0, 0.05) is 19.6 Å². The lowest BCUT2D eigenvalue weighted by Crippen LogP contribution is -2.17. The summed E-state index contributed by atoms with van der Waals surface area (Å²) in [5.74, 6) is 2.64. The zero-order chi connectivity index (χ0) is 10.6. The third kappa shape index (κ3) is 8.10. The van der Waals surface area contributed by atoms with E-state index in [4.69, 9.17) is 15.9 Å². The van der Waals surface area contributed by atoms with Crippen LogP contribution in [0.15, 0.2) is 0 Å². The number of unbranched alkanes of at least 4 members (excludes halogenated alkanes) is 3. The molecule has 0 spiro atoms. The van der Waals surface area contributed by atoms with Crippen molar-refractivity contribution in [1.29, 1.82) is 0 Å². The second kappa shape index (κ2) is 10.6. The first-order chi connectivity index (χ1) is 6.85. The number of rotatable bonds is 9. The molecule has 0 aromatic heterocycles. The van der Waals surface area contributed by atoms with Gasteiger partial charge in [-0.2, -0.15) is 0 Å². The fourth-order valence-corrected chi connectivity index (χ4v) is 1.30. The molecule has 0 rings (SSSR count). The minimum absolute atomic E-state index is 0.0177. The number of hydrogen-bond acceptors (Lipinski definition) is 2. The van der Waals surface area contributed by atoms with Crippen LogP contribution in [-0.4, -0.2) is 19.5 Å². The molecule has 0 saturated heterocycles. The van der Waals surface area contributed by atoms with Gasteiger partial charge in [-0.05, 0) is 33.1 Å². The second-order valence-electron chi connectivity index (χ2n) is 3.14. The van der Waals surface area contributed by atoms with Crippen LogP contribution >= 0.6 is 0 Å². The summed E-state index contributed by atoms with van der Waals surface area (Å²) in [6, 6.07) is 0. The van der Waals surface area contributed by atoms with Crippen molar-refractivity contribution in [3.63, 3.8) is 0 Å². The molecule has 14 heavy (non-hydrogen) atoms. The number of ether oxygens (including phenoxy) is 2. The van der Waals surface area contributed by atoms with Crippen molar-refractivity contribution in [3.8, 4) is 12.3 Å². The molecule has 0 bridgehead atoms. The maximum atomic E-state index is 5.43. The molecule has 0 saturated carbocycles. The van der Waals surface area contributed by atoms with Gasteiger partial charge in [-0.25, -0.2) is 0 Å². The van der Waals surface area contributed by atoms with Crippen molar-refractivity contribution in [2.45, 2.75) is 52.2 Å². The van der Waals surface area contributed by atoms with Crippen molar-refractivity contribution >= 4 is 0 Å². The van der Waals surface area contributed by atoms with Crippen LogP contribution in [0.25, 0.3) is 0 Å². The highest BCUT2D eigenvalue weighted by Gasteiger charge is 2.06. The molecule has 0 N–H and O–H groups in total. The third-order valence-electron chi connectivity index (χ3n) is 1.97. The lowest BCUT2D eigenvalue weighted by atomic mass is 10.1. The summed E-state index contributed by atoms with van der Waals surface area (Å²) in [7, 11) is 0. The average Bonchev–Trinajstić information content (AvgIpc) is 2.18. The maximum absolute atomic E-state index is 5.43. The van der Waals surface area contributed by atoms with E-state index < -0.39 is 0 Å². The van der Waals surface area contributed by atoms with Crippen LogP contribution in [-0.2, 0) is 9.47 Å². The first kappa shape index (κ1) is 13.5. The monoisotopic (exact) mass is 198 g/mol. The van der Waals surface area contributed by atoms with Crippen molar-refractivity contribution in [2.75, 3.05) is 13.2 Å². The van der Waals surface area contributed by atoms with Crippen LogP contribution in [0.2, 0.25) is 0 Å². The molecule has 0 aliphatic carbocycles. The summed E-state index contributed by atoms with van der Waals surface area (Å²) in [6.45, 7) is 5.42. The van der Waals surface area contributed by atoms with Crippen LogP contribution in [0, 0.1) is 12.3 Å². The highest BCUT2D eigenvalue weighted by Crippen LogP contribution is 2.09. The smallest absolute Gasteiger partial charge is 0.157 e. The Balaban J connectivity index is 3.36. The first-order valence-corrected chi connectivity index (χ1v) is 5.51. The molecule has 0 aliphatic rings. The quantitative estimate of drug-likeness (QED) is 0.322. The largest absolute Gasteiger partial charge is 0.353 e. The molecule has 0 fully saturated rings. The van der Waals surface area contributed by atoms with E-state index in [1.54, 1.807) is 0 Å². The highest BCUT2D eigenvalue weighted by molar-refractivity contribution is 4.82. The average molecular weight is 198 g/mol. The van der Waals surface area contributed by atoms with Crippen molar-refractivity contribution < 1.29 is 9.47 Å². The Kier molecular flexibility index (Phi) is 10.2. The van der Waals surface area contributed by atoms with Gasteiger partial charge < -0.3 is 9.47 Å². The standard InChI is InChI=1S/C12H22O2/c1-4-7-8-9-10-11-12(13-5-2)14-6-3/h1,12H,5-11H2,2-3H3. The molecular formula is C12H22O2. The Morgan fingerprint density at radius 1 is 1.07 bits per heavy atom. The molecular weight excluding hydrogens is 176 g/mol. The van der Waals surface area contributed by atoms with Gasteiger partial charge in [0.25, 0.3) is 0 Å². The molecule has 2 heteroatoms. The highest BCUT2D eigenvalue weighted by atomic mass is 16.7. The Bertz CT molecular complexity index is 143. The Hall–Kier alpha value is -0.520. The molecule has 0 aromatic carbocycles. The van der Waals surface area contributed by atoms with Crippen molar-refractivity contribution in [2.24, 2.45) is 0 Å². The number of terminal acetylenes is 1. The van der Waals surface area contributed by atoms with Gasteiger partial charge in [0.05, 0.1) is 0 Å². The van der Waals surface area contributed by atoms with Gasteiger partial charge in [-0.15, -0.1) is 12.3 Å². The van der Waals surface area contributed by atoms with Gasteiger partial charge in [0.1, 0.15) is 0 Å². The van der Waals surface area contributed by atoms with E-state index >= 15 is 0 Å². The molecule has 0 atom stereocenters. The molecule has 0 radical (unpaired) electrons. The van der Waals surface area contributed by atoms with E-state index in [2.05, 4.69) is 5.92 Å². The van der Waals surface area contributed by atoms with E-state index in [1.807, 2.05) is 13.8 Å². The van der Waals surface area contributed by atoms with Gasteiger partial charge >= 0.3 is 0 Å². The van der Waals surface area contributed by atoms with Gasteiger partial charge in [0.2, 0.25) is 0 Å². The summed E-state index contributed by atoms with van der Waals surface area (Å²) < 4.78 is 10.9. The minimum Gasteiger partial charge on any atom is -0.353 e. The van der Waals surface area contributed by atoms with Crippen LogP contribution in [0.4, 0.5) is 0 Å². The summed E-state index contributed by atoms with van der Waals surface area (Å²) >= 11 is 0. The Labute approximate surface area is 88.0 Å². The van der Waals surface area contributed by atoms with Crippen LogP contribution in [0.5, 0.6) is 0 Å². The lowest BCUT2D eigenvalue weighted by Gasteiger charge is -2.16. The summed E-state index contributed by atoms with van der Waals surface area (Å²) in [5, 5.41) is 0. The molecule has 0 heterocycles. The SMILES string of the molecule is C#CCCCCCC(OCC)OCC. The Morgan fingerprint density at radius 2 is 1.71 bits per heavy atom.